The molecule has 0 spiro atoms. The molecule has 2 amide bonds. The number of piperazine rings is 1. The van der Waals surface area contributed by atoms with Gasteiger partial charge in [0.2, 0.25) is 15.9 Å². The van der Waals surface area contributed by atoms with Crippen molar-refractivity contribution in [1.29, 1.82) is 0 Å². The number of amides is 2. The number of sulfonamides is 1. The topological polar surface area (TPSA) is 90.5 Å². The zero-order valence-electron chi connectivity index (χ0n) is 23.2. The zero-order chi connectivity index (χ0) is 27.9. The fourth-order valence-corrected chi connectivity index (χ4v) is 7.78. The minimum Gasteiger partial charge on any atom is -0.482 e. The standard InChI is InChI=1S/C29H38N4O5S/c1-20-6-5-7-24(13-20)32-11-10-30(17-23(32)4)28(34)18-33-26-14-25(8-9-27(26)38-19-29(33)35)39(36,37)31-15-21(2)12-22(3)16-31/h5-9,13-14,21-23H,10-12,15-19H2,1-4H3/t21-,22-,23+/m1/s1. The van der Waals surface area contributed by atoms with Gasteiger partial charge in [-0.15, -0.1) is 0 Å². The largest absolute Gasteiger partial charge is 0.482 e. The number of anilines is 2. The van der Waals surface area contributed by atoms with E-state index in [9.17, 15) is 18.0 Å². The maximum atomic E-state index is 13.5. The third-order valence-corrected chi connectivity index (χ3v) is 9.78. The van der Waals surface area contributed by atoms with Gasteiger partial charge in [-0.3, -0.25) is 14.5 Å². The maximum Gasteiger partial charge on any atom is 0.265 e. The van der Waals surface area contributed by atoms with Crippen molar-refractivity contribution < 1.29 is 22.7 Å². The Morgan fingerprint density at radius 1 is 1.00 bits per heavy atom. The lowest BCUT2D eigenvalue weighted by Crippen LogP contribution is -2.56. The highest BCUT2D eigenvalue weighted by molar-refractivity contribution is 7.89. The molecule has 5 rings (SSSR count). The van der Waals surface area contributed by atoms with E-state index in [1.54, 1.807) is 11.0 Å². The van der Waals surface area contributed by atoms with Gasteiger partial charge in [-0.1, -0.05) is 26.0 Å². The van der Waals surface area contributed by atoms with Crippen molar-refractivity contribution in [3.8, 4) is 5.75 Å². The molecule has 0 unspecified atom stereocenters. The molecule has 2 fully saturated rings. The molecule has 9 nitrogen and oxygen atoms in total. The molecule has 3 atom stereocenters. The van der Waals surface area contributed by atoms with Gasteiger partial charge in [0, 0.05) is 44.5 Å². The van der Waals surface area contributed by atoms with E-state index >= 15 is 0 Å². The number of ether oxygens (including phenoxy) is 1. The number of carbonyl (C=O) groups excluding carboxylic acids is 2. The Bertz CT molecular complexity index is 1350. The summed E-state index contributed by atoms with van der Waals surface area (Å²) in [6.07, 6.45) is 0.992. The Labute approximate surface area is 231 Å². The third kappa shape index (κ3) is 5.63. The summed E-state index contributed by atoms with van der Waals surface area (Å²) < 4.78 is 34.2. The van der Waals surface area contributed by atoms with Gasteiger partial charge >= 0.3 is 0 Å². The average molecular weight is 555 g/mol. The highest BCUT2D eigenvalue weighted by Crippen LogP contribution is 2.36. The van der Waals surface area contributed by atoms with Gasteiger partial charge in [0.05, 0.1) is 10.6 Å². The number of piperidine rings is 1. The fourth-order valence-electron chi connectivity index (χ4n) is 6.08. The average Bonchev–Trinajstić information content (AvgIpc) is 2.89. The first-order chi connectivity index (χ1) is 18.5. The van der Waals surface area contributed by atoms with Crippen LogP contribution in [0.3, 0.4) is 0 Å². The summed E-state index contributed by atoms with van der Waals surface area (Å²) in [7, 11) is -3.76. The van der Waals surface area contributed by atoms with E-state index < -0.39 is 10.0 Å². The van der Waals surface area contributed by atoms with Crippen molar-refractivity contribution in [3.05, 3.63) is 48.0 Å². The van der Waals surface area contributed by atoms with Crippen molar-refractivity contribution in [2.45, 2.75) is 45.1 Å². The molecule has 3 aliphatic rings. The fraction of sp³-hybridized carbons (Fsp3) is 0.517. The van der Waals surface area contributed by atoms with E-state index in [0.29, 0.717) is 44.2 Å². The van der Waals surface area contributed by atoms with Crippen LogP contribution in [0, 0.1) is 18.8 Å². The minimum atomic E-state index is -3.76. The molecular formula is C29H38N4O5S. The number of carbonyl (C=O) groups is 2. The van der Waals surface area contributed by atoms with Gasteiger partial charge in [0.25, 0.3) is 5.91 Å². The predicted molar refractivity (Wildman–Crippen MR) is 151 cm³/mol. The van der Waals surface area contributed by atoms with Crippen LogP contribution in [0.5, 0.6) is 5.75 Å². The number of benzene rings is 2. The van der Waals surface area contributed by atoms with Gasteiger partial charge in [-0.05, 0) is 68.0 Å². The monoisotopic (exact) mass is 554 g/mol. The number of aryl methyl sites for hydroxylation is 1. The molecule has 0 radical (unpaired) electrons. The molecular weight excluding hydrogens is 516 g/mol. The quantitative estimate of drug-likeness (QED) is 0.564. The van der Waals surface area contributed by atoms with E-state index in [4.69, 9.17) is 4.74 Å². The lowest BCUT2D eigenvalue weighted by atomic mass is 9.94. The van der Waals surface area contributed by atoms with E-state index in [1.165, 1.54) is 26.9 Å². The molecule has 2 saturated heterocycles. The number of rotatable bonds is 5. The third-order valence-electron chi connectivity index (χ3n) is 7.95. The van der Waals surface area contributed by atoms with Crippen LogP contribution >= 0.6 is 0 Å². The van der Waals surface area contributed by atoms with Crippen LogP contribution in [-0.4, -0.2) is 81.4 Å². The Hall–Kier alpha value is -3.11. The van der Waals surface area contributed by atoms with Crippen LogP contribution in [0.2, 0.25) is 0 Å². The summed E-state index contributed by atoms with van der Waals surface area (Å²) in [4.78, 5) is 31.9. The van der Waals surface area contributed by atoms with Crippen molar-refractivity contribution in [1.82, 2.24) is 9.21 Å². The molecule has 0 bridgehead atoms. The lowest BCUT2D eigenvalue weighted by molar-refractivity contribution is -0.132. The molecule has 10 heteroatoms. The van der Waals surface area contributed by atoms with Crippen LogP contribution < -0.4 is 14.5 Å². The Morgan fingerprint density at radius 2 is 1.74 bits per heavy atom. The van der Waals surface area contributed by atoms with Crippen LogP contribution in [0.25, 0.3) is 0 Å². The normalized spacial score (nSPS) is 24.4. The highest BCUT2D eigenvalue weighted by Gasteiger charge is 2.35. The number of hydrogen-bond donors (Lipinski definition) is 0. The Morgan fingerprint density at radius 3 is 2.44 bits per heavy atom. The summed E-state index contributed by atoms with van der Waals surface area (Å²) in [5.41, 5.74) is 2.65. The first-order valence-corrected chi connectivity index (χ1v) is 15.2. The first-order valence-electron chi connectivity index (χ1n) is 13.7. The lowest BCUT2D eigenvalue weighted by Gasteiger charge is -2.42. The highest BCUT2D eigenvalue weighted by atomic mass is 32.2. The van der Waals surface area contributed by atoms with Gasteiger partial charge in [-0.2, -0.15) is 4.31 Å². The zero-order valence-corrected chi connectivity index (χ0v) is 24.0. The van der Waals surface area contributed by atoms with Gasteiger partial charge in [0.1, 0.15) is 12.3 Å². The van der Waals surface area contributed by atoms with Gasteiger partial charge < -0.3 is 14.5 Å². The van der Waals surface area contributed by atoms with Crippen molar-refractivity contribution in [3.63, 3.8) is 0 Å². The predicted octanol–water partition coefficient (Wildman–Crippen LogP) is 3.12. The molecule has 0 N–H and O–H groups in total. The van der Waals surface area contributed by atoms with Gasteiger partial charge in [0.15, 0.2) is 6.61 Å². The second-order valence-electron chi connectivity index (χ2n) is 11.4. The molecule has 3 heterocycles. The van der Waals surface area contributed by atoms with E-state index in [2.05, 4.69) is 50.8 Å². The SMILES string of the molecule is Cc1cccc(N2CCN(C(=O)CN3C(=O)COc4ccc(S(=O)(=O)N5C[C@H](C)C[C@@H](C)C5)cc43)C[C@@H]2C)c1. The summed E-state index contributed by atoms with van der Waals surface area (Å²) in [6, 6.07) is 13.0. The van der Waals surface area contributed by atoms with E-state index in [-0.39, 0.29) is 47.7 Å². The van der Waals surface area contributed by atoms with Crippen LogP contribution in [0.4, 0.5) is 11.4 Å². The molecule has 3 aliphatic heterocycles. The molecule has 0 saturated carbocycles. The number of fused-ring (bicyclic) bond motifs is 1. The second kappa shape index (κ2) is 10.8. The van der Waals surface area contributed by atoms with Crippen LogP contribution in [0.15, 0.2) is 47.4 Å². The summed E-state index contributed by atoms with van der Waals surface area (Å²) in [5.74, 6) is 0.415. The van der Waals surface area contributed by atoms with Crippen molar-refractivity contribution >= 4 is 33.2 Å². The smallest absolute Gasteiger partial charge is 0.265 e. The van der Waals surface area contributed by atoms with Crippen LogP contribution in [-0.2, 0) is 19.6 Å². The molecule has 2 aromatic carbocycles. The molecule has 39 heavy (non-hydrogen) atoms. The van der Waals surface area contributed by atoms with Crippen molar-refractivity contribution in [2.24, 2.45) is 11.8 Å². The Balaban J connectivity index is 1.33. The summed E-state index contributed by atoms with van der Waals surface area (Å²) in [5, 5.41) is 0. The maximum absolute atomic E-state index is 13.5. The van der Waals surface area contributed by atoms with Gasteiger partial charge in [-0.25, -0.2) is 8.42 Å². The second-order valence-corrected chi connectivity index (χ2v) is 13.3. The molecule has 210 valence electrons. The number of nitrogens with zero attached hydrogens (tertiary/aromatic N) is 4. The number of hydrogen-bond acceptors (Lipinski definition) is 6. The first kappa shape index (κ1) is 27.5. The summed E-state index contributed by atoms with van der Waals surface area (Å²) in [6.45, 7) is 10.6. The van der Waals surface area contributed by atoms with E-state index in [1.807, 2.05) is 6.07 Å². The molecule has 0 aliphatic carbocycles. The molecule has 2 aromatic rings. The van der Waals surface area contributed by atoms with Crippen molar-refractivity contribution in [2.75, 3.05) is 55.7 Å². The van der Waals surface area contributed by atoms with Crippen LogP contribution in [0.1, 0.15) is 32.8 Å². The summed E-state index contributed by atoms with van der Waals surface area (Å²) >= 11 is 0. The Kier molecular flexibility index (Phi) is 7.61. The molecule has 0 aromatic heterocycles. The van der Waals surface area contributed by atoms with E-state index in [0.717, 1.165) is 12.1 Å². The minimum absolute atomic E-state index is 0.110.